The first-order valence-corrected chi connectivity index (χ1v) is 10.7. The van der Waals surface area contributed by atoms with Crippen molar-refractivity contribution >= 4 is 8.60 Å². The van der Waals surface area contributed by atoms with Gasteiger partial charge in [0.25, 0.3) is 0 Å². The van der Waals surface area contributed by atoms with Crippen molar-refractivity contribution in [1.82, 2.24) is 15.2 Å². The summed E-state index contributed by atoms with van der Waals surface area (Å²) in [5, 5.41) is 5.84. The monoisotopic (exact) mass is 379 g/mol. The molecule has 7 heteroatoms. The van der Waals surface area contributed by atoms with Crippen LogP contribution in [0.2, 0.25) is 0 Å². The van der Waals surface area contributed by atoms with Gasteiger partial charge in [-0.25, -0.2) is 13.9 Å². The summed E-state index contributed by atoms with van der Waals surface area (Å²) in [7, 11) is -1.60. The van der Waals surface area contributed by atoms with E-state index in [0.29, 0.717) is 0 Å². The van der Waals surface area contributed by atoms with Crippen molar-refractivity contribution < 1.29 is 13.9 Å². The van der Waals surface area contributed by atoms with E-state index in [9.17, 15) is 0 Å². The van der Waals surface area contributed by atoms with Crippen LogP contribution in [0.15, 0.2) is 0 Å². The molecule has 152 valence electrons. The van der Waals surface area contributed by atoms with Crippen LogP contribution in [-0.4, -0.2) is 51.4 Å². The quantitative estimate of drug-likeness (QED) is 0.335. The lowest BCUT2D eigenvalue weighted by molar-refractivity contribution is -0.210. The van der Waals surface area contributed by atoms with Gasteiger partial charge in [0.1, 0.15) is 0 Å². The maximum absolute atomic E-state index is 6.21. The van der Waals surface area contributed by atoms with Crippen molar-refractivity contribution in [1.29, 1.82) is 0 Å². The normalized spacial score (nSPS) is 13.7. The maximum Gasteiger partial charge on any atom is 0.387 e. The molecule has 0 unspecified atom stereocenters. The summed E-state index contributed by atoms with van der Waals surface area (Å²) in [5.41, 5.74) is 0. The molecule has 25 heavy (non-hydrogen) atoms. The Morgan fingerprint density at radius 1 is 0.400 bits per heavy atom. The van der Waals surface area contributed by atoms with Crippen molar-refractivity contribution in [3.8, 4) is 0 Å². The first kappa shape index (κ1) is 25.2. The second kappa shape index (κ2) is 11.8. The van der Waals surface area contributed by atoms with Gasteiger partial charge in [-0.3, -0.25) is 0 Å². The van der Waals surface area contributed by atoms with Crippen molar-refractivity contribution in [2.24, 2.45) is 0 Å². The second-order valence-electron chi connectivity index (χ2n) is 8.11. The smallest absolute Gasteiger partial charge is 0.218 e. The van der Waals surface area contributed by atoms with Crippen molar-refractivity contribution in [3.05, 3.63) is 0 Å². The summed E-state index contributed by atoms with van der Waals surface area (Å²) in [6.07, 6.45) is 0. The summed E-state index contributed by atoms with van der Waals surface area (Å²) in [5.74, 6) is 0. The lowest BCUT2D eigenvalue weighted by Gasteiger charge is -2.38. The van der Waals surface area contributed by atoms with Crippen LogP contribution in [0.5, 0.6) is 0 Å². The molecule has 0 radical (unpaired) electrons. The first-order valence-electron chi connectivity index (χ1n) is 9.57. The number of hydrogen-bond acceptors (Lipinski definition) is 6. The Balaban J connectivity index is 5.40. The van der Waals surface area contributed by atoms with E-state index in [0.717, 1.165) is 0 Å². The highest BCUT2D eigenvalue weighted by molar-refractivity contribution is 7.41. The number of hydrogen-bond donors (Lipinski definition) is 0. The molecule has 6 nitrogen and oxygen atoms in total. The van der Waals surface area contributed by atoms with Crippen LogP contribution in [0.1, 0.15) is 83.1 Å². The summed E-state index contributed by atoms with van der Waals surface area (Å²) in [6.45, 7) is 25.3. The highest BCUT2D eigenvalue weighted by Crippen LogP contribution is 2.45. The van der Waals surface area contributed by atoms with Gasteiger partial charge in [0.05, 0.1) is 0 Å². The minimum Gasteiger partial charge on any atom is -0.218 e. The van der Waals surface area contributed by atoms with Crippen LogP contribution in [0.3, 0.4) is 0 Å². The third-order valence-corrected chi connectivity index (χ3v) is 4.50. The lowest BCUT2D eigenvalue weighted by Crippen LogP contribution is -2.41. The Kier molecular flexibility index (Phi) is 11.9. The third-order valence-electron chi connectivity index (χ3n) is 3.54. The highest BCUT2D eigenvalue weighted by atomic mass is 31.2. The molecule has 0 saturated carbocycles. The molecule has 0 aromatic carbocycles. The summed E-state index contributed by atoms with van der Waals surface area (Å²) >= 11 is 0. The van der Waals surface area contributed by atoms with E-state index in [4.69, 9.17) is 13.9 Å². The molecule has 0 spiro atoms. The average molecular weight is 380 g/mol. The van der Waals surface area contributed by atoms with E-state index >= 15 is 0 Å². The van der Waals surface area contributed by atoms with Crippen LogP contribution in [0.4, 0.5) is 0 Å². The average Bonchev–Trinajstić information content (AvgIpc) is 2.43. The number of rotatable bonds is 12. The molecule has 0 aromatic heterocycles. The molecule has 0 amide bonds. The van der Waals surface area contributed by atoms with Crippen LogP contribution >= 0.6 is 8.60 Å². The van der Waals surface area contributed by atoms with Crippen molar-refractivity contribution in [2.45, 2.75) is 119 Å². The van der Waals surface area contributed by atoms with E-state index < -0.39 is 8.60 Å². The molecule has 0 aromatic rings. The maximum atomic E-state index is 6.21. The van der Waals surface area contributed by atoms with Crippen molar-refractivity contribution in [3.63, 3.8) is 0 Å². The standard InChI is InChI=1S/C18H42N3O3P/c1-13(2)19(14(3)4)22-25(23-20(15(5)6)16(7)8)24-21(17(9)10)18(11)12/h13-18H,1-12H3. The predicted octanol–water partition coefficient (Wildman–Crippen LogP) is 5.36. The fraction of sp³-hybridized carbons (Fsp3) is 1.00. The summed E-state index contributed by atoms with van der Waals surface area (Å²) in [6, 6.07) is 1.39. The Hall–Kier alpha value is 0.190. The number of nitrogens with zero attached hydrogens (tertiary/aromatic N) is 3. The van der Waals surface area contributed by atoms with Gasteiger partial charge in [0.2, 0.25) is 0 Å². The predicted molar refractivity (Wildman–Crippen MR) is 107 cm³/mol. The van der Waals surface area contributed by atoms with E-state index in [-0.39, 0.29) is 36.3 Å². The zero-order valence-corrected chi connectivity index (χ0v) is 19.4. The molecule has 0 aliphatic rings. The molecular formula is C18H42N3O3P. The van der Waals surface area contributed by atoms with Gasteiger partial charge in [-0.15, -0.1) is 0 Å². The van der Waals surface area contributed by atoms with Crippen LogP contribution in [0, 0.1) is 0 Å². The van der Waals surface area contributed by atoms with Crippen LogP contribution in [0.25, 0.3) is 0 Å². The van der Waals surface area contributed by atoms with E-state index in [1.165, 1.54) is 0 Å². The van der Waals surface area contributed by atoms with Gasteiger partial charge in [0.15, 0.2) is 0 Å². The van der Waals surface area contributed by atoms with Gasteiger partial charge >= 0.3 is 8.60 Å². The highest BCUT2D eigenvalue weighted by Gasteiger charge is 2.31. The largest absolute Gasteiger partial charge is 0.387 e. The molecule has 0 heterocycles. The minimum atomic E-state index is -1.60. The molecule has 0 bridgehead atoms. The molecule has 0 saturated heterocycles. The fourth-order valence-corrected chi connectivity index (χ4v) is 4.31. The zero-order valence-electron chi connectivity index (χ0n) is 18.5. The topological polar surface area (TPSA) is 37.4 Å². The zero-order chi connectivity index (χ0) is 19.9. The van der Waals surface area contributed by atoms with E-state index in [2.05, 4.69) is 83.1 Å². The molecule has 0 N–H and O–H groups in total. The Bertz CT molecular complexity index is 276. The molecule has 0 rings (SSSR count). The van der Waals surface area contributed by atoms with Gasteiger partial charge < -0.3 is 0 Å². The van der Waals surface area contributed by atoms with E-state index in [1.54, 1.807) is 0 Å². The molecule has 0 fully saturated rings. The minimum absolute atomic E-state index is 0.232. The van der Waals surface area contributed by atoms with Gasteiger partial charge in [-0.2, -0.15) is 15.2 Å². The lowest BCUT2D eigenvalue weighted by atomic mass is 10.3. The van der Waals surface area contributed by atoms with Crippen molar-refractivity contribution in [2.75, 3.05) is 0 Å². The second-order valence-corrected chi connectivity index (χ2v) is 9.05. The first-order chi connectivity index (χ1) is 11.4. The molecule has 0 aliphatic heterocycles. The third kappa shape index (κ3) is 9.09. The van der Waals surface area contributed by atoms with Gasteiger partial charge in [-0.05, 0) is 83.1 Å². The van der Waals surface area contributed by atoms with Crippen LogP contribution < -0.4 is 0 Å². The Morgan fingerprint density at radius 3 is 0.680 bits per heavy atom. The molecular weight excluding hydrogens is 337 g/mol. The fourth-order valence-electron chi connectivity index (χ4n) is 2.63. The van der Waals surface area contributed by atoms with Gasteiger partial charge in [-0.1, -0.05) is 0 Å². The SMILES string of the molecule is CC(C)N(OP(ON(C(C)C)C(C)C)ON(C(C)C)C(C)C)C(C)C. The van der Waals surface area contributed by atoms with Crippen LogP contribution in [-0.2, 0) is 13.9 Å². The summed E-state index contributed by atoms with van der Waals surface area (Å²) in [4.78, 5) is 0. The summed E-state index contributed by atoms with van der Waals surface area (Å²) < 4.78 is 18.6. The number of hydroxylamine groups is 6. The van der Waals surface area contributed by atoms with Gasteiger partial charge in [0, 0.05) is 36.3 Å². The Morgan fingerprint density at radius 2 is 0.560 bits per heavy atom. The Labute approximate surface area is 157 Å². The molecule has 0 atom stereocenters. The van der Waals surface area contributed by atoms with E-state index in [1.807, 2.05) is 15.2 Å². The molecule has 0 aliphatic carbocycles.